The molecule has 2 aromatic rings. The third kappa shape index (κ3) is 1.33. The van der Waals surface area contributed by atoms with Gasteiger partial charge in [0.1, 0.15) is 0 Å². The van der Waals surface area contributed by atoms with Crippen LogP contribution < -0.4 is 10.5 Å². The van der Waals surface area contributed by atoms with E-state index in [0.717, 1.165) is 5.39 Å². The fraction of sp³-hybridized carbons (Fsp3) is 0.111. The van der Waals surface area contributed by atoms with E-state index < -0.39 is 0 Å². The lowest BCUT2D eigenvalue weighted by atomic mass is 10.2. The minimum atomic E-state index is 0.155. The van der Waals surface area contributed by atoms with Crippen LogP contribution in [-0.4, -0.2) is 17.1 Å². The first kappa shape index (κ1) is 9.02. The Kier molecular flexibility index (Phi) is 2.13. The van der Waals surface area contributed by atoms with Gasteiger partial charge in [-0.15, -0.1) is 0 Å². The molecule has 0 atom stereocenters. The van der Waals surface area contributed by atoms with Crippen LogP contribution >= 0.6 is 11.6 Å². The van der Waals surface area contributed by atoms with Gasteiger partial charge in [-0.3, -0.25) is 0 Å². The topological polar surface area (TPSA) is 61.0 Å². The smallest absolute Gasteiger partial charge is 0.226 e. The highest BCUT2D eigenvalue weighted by molar-refractivity contribution is 6.35. The van der Waals surface area contributed by atoms with Gasteiger partial charge in [-0.05, 0) is 12.1 Å². The van der Waals surface area contributed by atoms with Crippen molar-refractivity contribution in [2.75, 3.05) is 12.8 Å². The fourth-order valence-electron chi connectivity index (χ4n) is 1.26. The van der Waals surface area contributed by atoms with Crippen molar-refractivity contribution in [1.29, 1.82) is 0 Å². The second kappa shape index (κ2) is 3.31. The monoisotopic (exact) mass is 209 g/mol. The van der Waals surface area contributed by atoms with E-state index in [-0.39, 0.29) is 5.95 Å². The highest BCUT2D eigenvalue weighted by Crippen LogP contribution is 2.27. The molecule has 0 aliphatic carbocycles. The van der Waals surface area contributed by atoms with Gasteiger partial charge in [0.15, 0.2) is 0 Å². The molecule has 1 aromatic carbocycles. The van der Waals surface area contributed by atoms with E-state index >= 15 is 0 Å². The van der Waals surface area contributed by atoms with Crippen molar-refractivity contribution in [2.24, 2.45) is 0 Å². The van der Waals surface area contributed by atoms with Crippen LogP contribution in [0.15, 0.2) is 18.2 Å². The number of para-hydroxylation sites is 1. The fourth-order valence-corrected chi connectivity index (χ4v) is 1.48. The Morgan fingerprint density at radius 3 is 2.86 bits per heavy atom. The molecule has 4 nitrogen and oxygen atoms in total. The molecule has 0 amide bonds. The molecule has 0 fully saturated rings. The minimum absolute atomic E-state index is 0.155. The van der Waals surface area contributed by atoms with E-state index in [1.54, 1.807) is 6.07 Å². The summed E-state index contributed by atoms with van der Waals surface area (Å²) in [6.45, 7) is 0. The van der Waals surface area contributed by atoms with Gasteiger partial charge in [0.25, 0.3) is 0 Å². The van der Waals surface area contributed by atoms with Crippen LogP contribution in [0.4, 0.5) is 5.95 Å². The van der Waals surface area contributed by atoms with Crippen LogP contribution in [0.25, 0.3) is 10.9 Å². The summed E-state index contributed by atoms with van der Waals surface area (Å²) < 4.78 is 5.07. The number of methoxy groups -OCH3 is 1. The largest absolute Gasteiger partial charge is 0.480 e. The molecule has 1 aromatic heterocycles. The summed E-state index contributed by atoms with van der Waals surface area (Å²) in [5, 5.41) is 1.30. The van der Waals surface area contributed by atoms with Gasteiger partial charge < -0.3 is 10.5 Å². The SMILES string of the molecule is COc1nc(N)nc2c(Cl)cccc12. The lowest BCUT2D eigenvalue weighted by molar-refractivity contribution is 0.403. The lowest BCUT2D eigenvalue weighted by Gasteiger charge is -2.05. The maximum Gasteiger partial charge on any atom is 0.226 e. The van der Waals surface area contributed by atoms with Crippen molar-refractivity contribution < 1.29 is 4.74 Å². The van der Waals surface area contributed by atoms with Gasteiger partial charge in [0, 0.05) is 0 Å². The van der Waals surface area contributed by atoms with Crippen LogP contribution in [-0.2, 0) is 0 Å². The first-order chi connectivity index (χ1) is 6.72. The Hall–Kier alpha value is -1.55. The summed E-state index contributed by atoms with van der Waals surface area (Å²) in [5.41, 5.74) is 6.12. The van der Waals surface area contributed by atoms with Crippen molar-refractivity contribution in [2.45, 2.75) is 0 Å². The average molecular weight is 210 g/mol. The number of benzene rings is 1. The summed E-state index contributed by atoms with van der Waals surface area (Å²) in [7, 11) is 1.53. The molecule has 0 saturated carbocycles. The van der Waals surface area contributed by atoms with Gasteiger partial charge in [-0.25, -0.2) is 4.98 Å². The molecule has 2 rings (SSSR count). The Morgan fingerprint density at radius 1 is 1.36 bits per heavy atom. The average Bonchev–Trinajstić information content (AvgIpc) is 2.18. The number of ether oxygens (including phenoxy) is 1. The van der Waals surface area contributed by atoms with Crippen molar-refractivity contribution in [3.05, 3.63) is 23.2 Å². The zero-order valence-corrected chi connectivity index (χ0v) is 8.25. The molecular weight excluding hydrogens is 202 g/mol. The van der Waals surface area contributed by atoms with E-state index in [2.05, 4.69) is 9.97 Å². The highest BCUT2D eigenvalue weighted by atomic mass is 35.5. The zero-order valence-electron chi connectivity index (χ0n) is 7.49. The maximum absolute atomic E-state index is 5.96. The van der Waals surface area contributed by atoms with E-state index in [9.17, 15) is 0 Å². The molecule has 14 heavy (non-hydrogen) atoms. The predicted molar refractivity (Wildman–Crippen MR) is 55.5 cm³/mol. The van der Waals surface area contributed by atoms with Crippen LogP contribution in [0.1, 0.15) is 0 Å². The zero-order chi connectivity index (χ0) is 10.1. The number of hydrogen-bond acceptors (Lipinski definition) is 4. The molecule has 72 valence electrons. The van der Waals surface area contributed by atoms with Crippen LogP contribution in [0.3, 0.4) is 0 Å². The number of nitrogens with zero attached hydrogens (tertiary/aromatic N) is 2. The van der Waals surface area contributed by atoms with Crippen molar-refractivity contribution in [3.8, 4) is 5.88 Å². The molecule has 0 radical (unpaired) electrons. The number of aromatic nitrogens is 2. The number of hydrogen-bond donors (Lipinski definition) is 1. The minimum Gasteiger partial charge on any atom is -0.480 e. The number of anilines is 1. The predicted octanol–water partition coefficient (Wildman–Crippen LogP) is 1.87. The Bertz CT molecular complexity index is 487. The standard InChI is InChI=1S/C9H8ClN3O/c1-14-8-5-3-2-4-6(10)7(5)12-9(11)13-8/h2-4H,1H3,(H2,11,12,13). The number of nitrogen functional groups attached to an aromatic ring is 1. The lowest BCUT2D eigenvalue weighted by Crippen LogP contribution is -1.98. The maximum atomic E-state index is 5.96. The molecule has 0 unspecified atom stereocenters. The Labute approximate surface area is 85.7 Å². The Morgan fingerprint density at radius 2 is 2.14 bits per heavy atom. The van der Waals surface area contributed by atoms with Gasteiger partial charge in [-0.2, -0.15) is 4.98 Å². The second-order valence-electron chi connectivity index (χ2n) is 2.73. The number of nitrogens with two attached hydrogens (primary N) is 1. The van der Waals surface area contributed by atoms with E-state index in [1.165, 1.54) is 7.11 Å². The summed E-state index contributed by atoms with van der Waals surface area (Å²) in [4.78, 5) is 7.99. The normalized spacial score (nSPS) is 10.4. The van der Waals surface area contributed by atoms with Crippen LogP contribution in [0.5, 0.6) is 5.88 Å². The molecule has 2 N–H and O–H groups in total. The summed E-state index contributed by atoms with van der Waals surface area (Å²) in [5.74, 6) is 0.595. The van der Waals surface area contributed by atoms with Gasteiger partial charge >= 0.3 is 0 Å². The molecule has 0 aliphatic rings. The van der Waals surface area contributed by atoms with Crippen molar-refractivity contribution in [1.82, 2.24) is 9.97 Å². The molecule has 0 bridgehead atoms. The van der Waals surface area contributed by atoms with Crippen LogP contribution in [0.2, 0.25) is 5.02 Å². The van der Waals surface area contributed by atoms with Crippen molar-refractivity contribution >= 4 is 28.5 Å². The number of rotatable bonds is 1. The molecule has 1 heterocycles. The summed E-state index contributed by atoms with van der Waals surface area (Å²) in [6, 6.07) is 5.39. The summed E-state index contributed by atoms with van der Waals surface area (Å²) >= 11 is 5.96. The highest BCUT2D eigenvalue weighted by Gasteiger charge is 2.08. The first-order valence-electron chi connectivity index (χ1n) is 3.98. The molecule has 5 heteroatoms. The van der Waals surface area contributed by atoms with E-state index in [1.807, 2.05) is 12.1 Å². The Balaban J connectivity index is 2.87. The molecule has 0 aliphatic heterocycles. The van der Waals surface area contributed by atoms with E-state index in [0.29, 0.717) is 16.4 Å². The van der Waals surface area contributed by atoms with Crippen molar-refractivity contribution in [3.63, 3.8) is 0 Å². The first-order valence-corrected chi connectivity index (χ1v) is 4.36. The quantitative estimate of drug-likeness (QED) is 0.779. The summed E-state index contributed by atoms with van der Waals surface area (Å²) in [6.07, 6.45) is 0. The molecular formula is C9H8ClN3O. The van der Waals surface area contributed by atoms with Crippen LogP contribution in [0, 0.1) is 0 Å². The van der Waals surface area contributed by atoms with E-state index in [4.69, 9.17) is 22.1 Å². The molecule has 0 spiro atoms. The third-order valence-electron chi connectivity index (χ3n) is 1.85. The van der Waals surface area contributed by atoms with Gasteiger partial charge in [0.2, 0.25) is 11.8 Å². The molecule has 0 saturated heterocycles. The second-order valence-corrected chi connectivity index (χ2v) is 3.13. The number of fused-ring (bicyclic) bond motifs is 1. The van der Waals surface area contributed by atoms with Gasteiger partial charge in [-0.1, -0.05) is 17.7 Å². The van der Waals surface area contributed by atoms with Gasteiger partial charge in [0.05, 0.1) is 23.0 Å². The number of halogens is 1. The third-order valence-corrected chi connectivity index (χ3v) is 2.16.